The number of halogens is 1. The first-order valence-corrected chi connectivity index (χ1v) is 12.0. The van der Waals surface area contributed by atoms with E-state index in [2.05, 4.69) is 22.8 Å². The first-order chi connectivity index (χ1) is 16.2. The van der Waals surface area contributed by atoms with Crippen molar-refractivity contribution >= 4 is 46.2 Å². The van der Waals surface area contributed by atoms with Crippen LogP contribution in [-0.2, 0) is 4.79 Å². The summed E-state index contributed by atoms with van der Waals surface area (Å²) in [4.78, 5) is 15.8. The molecule has 2 aliphatic rings. The van der Waals surface area contributed by atoms with Gasteiger partial charge in [0.1, 0.15) is 11.7 Å². The second-order valence-corrected chi connectivity index (χ2v) is 10.0. The standard InChI is InChI=1S/C27H26ClN3O2S/c1-15-8-10-21(17(3)12-15)29-25(32)23-24-20-13-16(2)9-11-22(20)33-27(23,4)31(26(34)30-24)19-7-5-6-18(28)14-19/h5-14,23-24H,1-4H3,(H,29,32)(H,30,34). The molecule has 3 unspecified atom stereocenters. The molecule has 2 bridgehead atoms. The van der Waals surface area contributed by atoms with E-state index < -0.39 is 11.6 Å². The molecule has 3 atom stereocenters. The number of hydrogen-bond acceptors (Lipinski definition) is 3. The van der Waals surface area contributed by atoms with Crippen LogP contribution in [0.4, 0.5) is 11.4 Å². The van der Waals surface area contributed by atoms with E-state index in [9.17, 15) is 4.79 Å². The van der Waals surface area contributed by atoms with Crippen LogP contribution in [0.25, 0.3) is 0 Å². The molecule has 0 aromatic heterocycles. The molecule has 0 saturated carbocycles. The largest absolute Gasteiger partial charge is 0.467 e. The SMILES string of the molecule is Cc1ccc(NC(=O)C2C3NC(=S)N(c4cccc(Cl)c4)C2(C)Oc2ccc(C)cc23)c(C)c1. The molecule has 2 heterocycles. The second-order valence-electron chi connectivity index (χ2n) is 9.23. The molecule has 5 rings (SSSR count). The molecule has 1 saturated heterocycles. The number of carbonyl (C=O) groups excluding carboxylic acids is 1. The molecule has 2 aliphatic heterocycles. The predicted octanol–water partition coefficient (Wildman–Crippen LogP) is 6.06. The van der Waals surface area contributed by atoms with Crippen LogP contribution in [-0.4, -0.2) is 16.7 Å². The van der Waals surface area contributed by atoms with Gasteiger partial charge in [0, 0.05) is 22.0 Å². The zero-order valence-corrected chi connectivity index (χ0v) is 21.1. The summed E-state index contributed by atoms with van der Waals surface area (Å²) in [5.74, 6) is -0.0162. The molecule has 1 amide bonds. The molecule has 3 aromatic carbocycles. The second kappa shape index (κ2) is 8.29. The van der Waals surface area contributed by atoms with Crippen LogP contribution >= 0.6 is 23.8 Å². The van der Waals surface area contributed by atoms with Gasteiger partial charge in [0.15, 0.2) is 10.8 Å². The lowest BCUT2D eigenvalue weighted by atomic mass is 9.78. The summed E-state index contributed by atoms with van der Waals surface area (Å²) in [6.07, 6.45) is 0. The van der Waals surface area contributed by atoms with E-state index in [4.69, 9.17) is 28.6 Å². The molecule has 0 spiro atoms. The average molecular weight is 492 g/mol. The molecule has 1 fully saturated rings. The van der Waals surface area contributed by atoms with E-state index in [1.807, 2.05) is 75.1 Å². The van der Waals surface area contributed by atoms with Crippen molar-refractivity contribution in [1.82, 2.24) is 5.32 Å². The van der Waals surface area contributed by atoms with Crippen LogP contribution in [0, 0.1) is 26.7 Å². The fourth-order valence-electron chi connectivity index (χ4n) is 5.07. The molecule has 5 nitrogen and oxygen atoms in total. The summed E-state index contributed by atoms with van der Waals surface area (Å²) in [5.41, 5.74) is 4.62. The molecule has 34 heavy (non-hydrogen) atoms. The van der Waals surface area contributed by atoms with Gasteiger partial charge in [-0.2, -0.15) is 0 Å². The molecule has 3 aromatic rings. The monoisotopic (exact) mass is 491 g/mol. The van der Waals surface area contributed by atoms with Crippen LogP contribution in [0.3, 0.4) is 0 Å². The zero-order valence-electron chi connectivity index (χ0n) is 19.5. The third kappa shape index (κ3) is 3.71. The first-order valence-electron chi connectivity index (χ1n) is 11.2. The molecular weight excluding hydrogens is 466 g/mol. The summed E-state index contributed by atoms with van der Waals surface area (Å²) in [7, 11) is 0. The van der Waals surface area contributed by atoms with E-state index in [1.165, 1.54) is 0 Å². The van der Waals surface area contributed by atoms with Gasteiger partial charge in [0.2, 0.25) is 5.91 Å². The van der Waals surface area contributed by atoms with Gasteiger partial charge in [-0.25, -0.2) is 0 Å². The Kier molecular flexibility index (Phi) is 5.53. The van der Waals surface area contributed by atoms with Gasteiger partial charge in [0.25, 0.3) is 0 Å². The number of nitrogens with one attached hydrogen (secondary N) is 2. The van der Waals surface area contributed by atoms with Crippen LogP contribution in [0.1, 0.15) is 35.2 Å². The van der Waals surface area contributed by atoms with Gasteiger partial charge < -0.3 is 15.4 Å². The lowest BCUT2D eigenvalue weighted by Crippen LogP contribution is -2.72. The Hall–Kier alpha value is -3.09. The summed E-state index contributed by atoms with van der Waals surface area (Å²) in [6, 6.07) is 19.1. The quantitative estimate of drug-likeness (QED) is 0.436. The average Bonchev–Trinajstić information content (AvgIpc) is 2.76. The lowest BCUT2D eigenvalue weighted by molar-refractivity contribution is -0.130. The topological polar surface area (TPSA) is 53.6 Å². The van der Waals surface area contributed by atoms with E-state index >= 15 is 0 Å². The number of benzene rings is 3. The molecule has 0 radical (unpaired) electrons. The Labute approximate surface area is 210 Å². The highest BCUT2D eigenvalue weighted by Gasteiger charge is 2.59. The highest BCUT2D eigenvalue weighted by atomic mass is 35.5. The Bertz CT molecular complexity index is 1330. The number of aryl methyl sites for hydroxylation is 3. The van der Waals surface area contributed by atoms with Crippen molar-refractivity contribution in [3.63, 3.8) is 0 Å². The van der Waals surface area contributed by atoms with Crippen molar-refractivity contribution in [3.8, 4) is 5.75 Å². The summed E-state index contributed by atoms with van der Waals surface area (Å²) in [5, 5.41) is 7.65. The normalized spacial score (nSPS) is 23.0. The number of thiocarbonyl (C=S) groups is 1. The van der Waals surface area contributed by atoms with E-state index in [1.54, 1.807) is 6.07 Å². The third-order valence-corrected chi connectivity index (χ3v) is 7.18. The molecule has 7 heteroatoms. The van der Waals surface area contributed by atoms with Gasteiger partial charge in [-0.1, -0.05) is 53.1 Å². The maximum atomic E-state index is 13.9. The van der Waals surface area contributed by atoms with Crippen molar-refractivity contribution < 1.29 is 9.53 Å². The van der Waals surface area contributed by atoms with Crippen LogP contribution in [0.5, 0.6) is 5.75 Å². The van der Waals surface area contributed by atoms with E-state index in [0.717, 1.165) is 39.4 Å². The number of nitrogens with zero attached hydrogens (tertiary/aromatic N) is 1. The smallest absolute Gasteiger partial charge is 0.236 e. The summed E-state index contributed by atoms with van der Waals surface area (Å²) < 4.78 is 6.64. The summed E-state index contributed by atoms with van der Waals surface area (Å²) >= 11 is 12.1. The predicted molar refractivity (Wildman–Crippen MR) is 141 cm³/mol. The maximum absolute atomic E-state index is 13.9. The number of rotatable bonds is 3. The van der Waals surface area contributed by atoms with Crippen molar-refractivity contribution in [2.24, 2.45) is 5.92 Å². The number of ether oxygens (including phenoxy) is 1. The number of anilines is 2. The number of amides is 1. The van der Waals surface area contributed by atoms with Gasteiger partial charge in [-0.05, 0) is 75.8 Å². The molecule has 2 N–H and O–H groups in total. The zero-order chi connectivity index (χ0) is 24.2. The maximum Gasteiger partial charge on any atom is 0.236 e. The minimum absolute atomic E-state index is 0.145. The van der Waals surface area contributed by atoms with Crippen molar-refractivity contribution in [2.45, 2.75) is 39.5 Å². The minimum Gasteiger partial charge on any atom is -0.467 e. The van der Waals surface area contributed by atoms with Crippen molar-refractivity contribution in [3.05, 3.63) is 87.9 Å². The number of hydrogen-bond donors (Lipinski definition) is 2. The van der Waals surface area contributed by atoms with Crippen molar-refractivity contribution in [1.29, 1.82) is 0 Å². The van der Waals surface area contributed by atoms with E-state index in [-0.39, 0.29) is 11.9 Å². The van der Waals surface area contributed by atoms with E-state index in [0.29, 0.717) is 10.1 Å². The first kappa shape index (κ1) is 22.7. The molecule has 0 aliphatic carbocycles. The molecular formula is C27H26ClN3O2S. The van der Waals surface area contributed by atoms with Crippen LogP contribution in [0.2, 0.25) is 5.02 Å². The van der Waals surface area contributed by atoms with Gasteiger partial charge in [-0.15, -0.1) is 0 Å². The Morgan fingerprint density at radius 2 is 1.82 bits per heavy atom. The van der Waals surface area contributed by atoms with Gasteiger partial charge in [0.05, 0.1) is 6.04 Å². The van der Waals surface area contributed by atoms with Crippen molar-refractivity contribution in [2.75, 3.05) is 10.2 Å². The van der Waals surface area contributed by atoms with Crippen LogP contribution < -0.4 is 20.3 Å². The number of fused-ring (bicyclic) bond motifs is 4. The third-order valence-electron chi connectivity index (χ3n) is 6.64. The van der Waals surface area contributed by atoms with Crippen LogP contribution in [0.15, 0.2) is 60.7 Å². The highest BCUT2D eigenvalue weighted by Crippen LogP contribution is 2.50. The fraction of sp³-hybridized carbons (Fsp3) is 0.259. The fourth-order valence-corrected chi connectivity index (χ4v) is 5.67. The minimum atomic E-state index is -1.08. The molecule has 174 valence electrons. The number of carbonyl (C=O) groups is 1. The Balaban J connectivity index is 1.63. The Morgan fingerprint density at radius 1 is 1.09 bits per heavy atom. The van der Waals surface area contributed by atoms with Gasteiger partial charge >= 0.3 is 0 Å². The Morgan fingerprint density at radius 3 is 2.56 bits per heavy atom. The summed E-state index contributed by atoms with van der Waals surface area (Å²) in [6.45, 7) is 7.97. The lowest BCUT2D eigenvalue weighted by Gasteiger charge is -2.56. The highest BCUT2D eigenvalue weighted by molar-refractivity contribution is 7.80. The van der Waals surface area contributed by atoms with Gasteiger partial charge in [-0.3, -0.25) is 9.69 Å².